The molecule has 0 atom stereocenters. The Bertz CT molecular complexity index is 651. The summed E-state index contributed by atoms with van der Waals surface area (Å²) in [6, 6.07) is 8.63. The molecule has 0 fully saturated rings. The van der Waals surface area contributed by atoms with E-state index in [9.17, 15) is 13.6 Å². The van der Waals surface area contributed by atoms with Gasteiger partial charge in [0.15, 0.2) is 17.4 Å². The molecular weight excluding hydrogens is 262 g/mol. The van der Waals surface area contributed by atoms with Gasteiger partial charge >= 0.3 is 0 Å². The van der Waals surface area contributed by atoms with Crippen LogP contribution in [-0.2, 0) is 6.42 Å². The van der Waals surface area contributed by atoms with Crippen LogP contribution in [0, 0.1) is 18.6 Å². The first kappa shape index (κ1) is 14.2. The number of hydrogen-bond acceptors (Lipinski definition) is 2. The van der Waals surface area contributed by atoms with Gasteiger partial charge in [0.2, 0.25) is 0 Å². The summed E-state index contributed by atoms with van der Waals surface area (Å²) in [4.78, 5) is 12.2. The molecule has 0 radical (unpaired) electrons. The normalized spacial score (nSPS) is 10.4. The molecule has 0 aliphatic carbocycles. The number of carbonyl (C=O) groups is 1. The number of hydrogen-bond donors (Lipinski definition) is 0. The molecule has 2 aromatic carbocycles. The minimum absolute atomic E-state index is 0.0321. The van der Waals surface area contributed by atoms with Gasteiger partial charge in [-0.3, -0.25) is 4.79 Å². The Balaban J connectivity index is 2.21. The Hall–Kier alpha value is -2.23. The summed E-state index contributed by atoms with van der Waals surface area (Å²) in [5, 5.41) is 0. The Morgan fingerprint density at radius 1 is 1.10 bits per heavy atom. The second kappa shape index (κ2) is 5.82. The molecule has 0 aromatic heterocycles. The highest BCUT2D eigenvalue weighted by Gasteiger charge is 2.12. The van der Waals surface area contributed by atoms with Gasteiger partial charge in [-0.05, 0) is 48.4 Å². The summed E-state index contributed by atoms with van der Waals surface area (Å²) in [5.74, 6) is -1.33. The average Bonchev–Trinajstić information content (AvgIpc) is 2.42. The van der Waals surface area contributed by atoms with Crippen LogP contribution in [0.15, 0.2) is 36.4 Å². The first-order chi connectivity index (χ1) is 9.51. The Labute approximate surface area is 116 Å². The van der Waals surface area contributed by atoms with E-state index in [0.717, 1.165) is 17.7 Å². The van der Waals surface area contributed by atoms with Crippen LogP contribution in [0.25, 0.3) is 0 Å². The molecule has 0 saturated carbocycles. The van der Waals surface area contributed by atoms with Crippen LogP contribution in [0.4, 0.5) is 8.78 Å². The van der Waals surface area contributed by atoms with Crippen molar-refractivity contribution in [2.75, 3.05) is 7.11 Å². The molecule has 2 nitrogen and oxygen atoms in total. The third-order valence-electron chi connectivity index (χ3n) is 3.08. The molecule has 0 unspecified atom stereocenters. The first-order valence-electron chi connectivity index (χ1n) is 6.13. The van der Waals surface area contributed by atoms with Crippen molar-refractivity contribution in [2.45, 2.75) is 13.3 Å². The van der Waals surface area contributed by atoms with Crippen molar-refractivity contribution in [1.82, 2.24) is 0 Å². The van der Waals surface area contributed by atoms with E-state index < -0.39 is 11.6 Å². The van der Waals surface area contributed by atoms with Gasteiger partial charge in [0.1, 0.15) is 5.75 Å². The number of carbonyl (C=O) groups excluding carboxylic acids is 1. The molecule has 0 N–H and O–H groups in total. The van der Waals surface area contributed by atoms with E-state index in [2.05, 4.69) is 0 Å². The number of Topliss-reactive ketones (excluding diaryl/α,β-unsaturated/α-hetero) is 1. The Kier molecular flexibility index (Phi) is 4.13. The number of aryl methyl sites for hydroxylation is 1. The van der Waals surface area contributed by atoms with Gasteiger partial charge in [0.05, 0.1) is 7.11 Å². The Morgan fingerprint density at radius 2 is 1.85 bits per heavy atom. The standard InChI is InChI=1S/C16H14F2O2/c1-10-7-12(20-2)4-5-13(10)16(19)9-11-3-6-14(17)15(18)8-11/h3-8H,9H2,1-2H3. The lowest BCUT2D eigenvalue weighted by Crippen LogP contribution is -2.06. The minimum Gasteiger partial charge on any atom is -0.497 e. The first-order valence-corrected chi connectivity index (χ1v) is 6.13. The minimum atomic E-state index is -0.943. The summed E-state index contributed by atoms with van der Waals surface area (Å²) in [6.45, 7) is 1.81. The van der Waals surface area contributed by atoms with Crippen LogP contribution in [-0.4, -0.2) is 12.9 Å². The van der Waals surface area contributed by atoms with Crippen LogP contribution in [0.3, 0.4) is 0 Å². The second-order valence-electron chi connectivity index (χ2n) is 4.53. The summed E-state index contributed by atoms with van der Waals surface area (Å²) >= 11 is 0. The van der Waals surface area contributed by atoms with E-state index in [4.69, 9.17) is 4.74 Å². The quantitative estimate of drug-likeness (QED) is 0.796. The van der Waals surface area contributed by atoms with Gasteiger partial charge in [-0.15, -0.1) is 0 Å². The number of ketones is 1. The van der Waals surface area contributed by atoms with Crippen molar-refractivity contribution in [3.63, 3.8) is 0 Å². The molecule has 4 heteroatoms. The van der Waals surface area contributed by atoms with Gasteiger partial charge in [-0.2, -0.15) is 0 Å². The number of methoxy groups -OCH3 is 1. The molecule has 0 bridgehead atoms. The molecule has 2 rings (SSSR count). The largest absolute Gasteiger partial charge is 0.497 e. The fourth-order valence-corrected chi connectivity index (χ4v) is 2.01. The van der Waals surface area contributed by atoms with Crippen LogP contribution in [0.2, 0.25) is 0 Å². The highest BCUT2D eigenvalue weighted by molar-refractivity contribution is 5.98. The number of halogens is 2. The molecule has 104 valence electrons. The molecular formula is C16H14F2O2. The highest BCUT2D eigenvalue weighted by Crippen LogP contribution is 2.19. The molecule has 20 heavy (non-hydrogen) atoms. The van der Waals surface area contributed by atoms with Crippen molar-refractivity contribution in [2.24, 2.45) is 0 Å². The fourth-order valence-electron chi connectivity index (χ4n) is 2.01. The zero-order chi connectivity index (χ0) is 14.7. The maximum atomic E-state index is 13.1. The van der Waals surface area contributed by atoms with Gasteiger partial charge in [0.25, 0.3) is 0 Å². The molecule has 2 aromatic rings. The molecule has 0 aliphatic heterocycles. The molecule has 0 saturated heterocycles. The van der Waals surface area contributed by atoms with E-state index in [1.54, 1.807) is 32.2 Å². The zero-order valence-electron chi connectivity index (χ0n) is 11.2. The SMILES string of the molecule is COc1ccc(C(=O)Cc2ccc(F)c(F)c2)c(C)c1. The van der Waals surface area contributed by atoms with Crippen LogP contribution < -0.4 is 4.74 Å². The predicted molar refractivity (Wildman–Crippen MR) is 72.1 cm³/mol. The van der Waals surface area contributed by atoms with Crippen molar-refractivity contribution < 1.29 is 18.3 Å². The van der Waals surface area contributed by atoms with Crippen molar-refractivity contribution >= 4 is 5.78 Å². The van der Waals surface area contributed by atoms with E-state index in [1.807, 2.05) is 0 Å². The number of rotatable bonds is 4. The van der Waals surface area contributed by atoms with Crippen LogP contribution in [0.1, 0.15) is 21.5 Å². The van der Waals surface area contributed by atoms with E-state index >= 15 is 0 Å². The topological polar surface area (TPSA) is 26.3 Å². The summed E-state index contributed by atoms with van der Waals surface area (Å²) in [5.41, 5.74) is 1.79. The van der Waals surface area contributed by atoms with E-state index in [-0.39, 0.29) is 12.2 Å². The lowest BCUT2D eigenvalue weighted by molar-refractivity contribution is 0.0992. The molecule has 0 spiro atoms. The number of ether oxygens (including phenoxy) is 1. The second-order valence-corrected chi connectivity index (χ2v) is 4.53. The molecule has 0 heterocycles. The highest BCUT2D eigenvalue weighted by atomic mass is 19.2. The lowest BCUT2D eigenvalue weighted by Gasteiger charge is -2.07. The summed E-state index contributed by atoms with van der Waals surface area (Å²) < 4.78 is 31.0. The number of benzene rings is 2. The smallest absolute Gasteiger partial charge is 0.167 e. The van der Waals surface area contributed by atoms with Gasteiger partial charge in [0, 0.05) is 12.0 Å². The predicted octanol–water partition coefficient (Wildman–Crippen LogP) is 3.71. The van der Waals surface area contributed by atoms with Crippen LogP contribution in [0.5, 0.6) is 5.75 Å². The monoisotopic (exact) mass is 276 g/mol. The third kappa shape index (κ3) is 3.02. The van der Waals surface area contributed by atoms with Crippen LogP contribution >= 0.6 is 0 Å². The van der Waals surface area contributed by atoms with Gasteiger partial charge < -0.3 is 4.74 Å². The fraction of sp³-hybridized carbons (Fsp3) is 0.188. The lowest BCUT2D eigenvalue weighted by atomic mass is 9.99. The van der Waals surface area contributed by atoms with Crippen molar-refractivity contribution in [3.8, 4) is 5.75 Å². The molecule has 0 aliphatic rings. The van der Waals surface area contributed by atoms with Crippen molar-refractivity contribution in [3.05, 3.63) is 64.7 Å². The molecule has 0 amide bonds. The van der Waals surface area contributed by atoms with Gasteiger partial charge in [-0.25, -0.2) is 8.78 Å². The van der Waals surface area contributed by atoms with E-state index in [1.165, 1.54) is 6.07 Å². The maximum absolute atomic E-state index is 13.1. The third-order valence-corrected chi connectivity index (χ3v) is 3.08. The summed E-state index contributed by atoms with van der Waals surface area (Å²) in [7, 11) is 1.55. The van der Waals surface area contributed by atoms with E-state index in [0.29, 0.717) is 16.9 Å². The zero-order valence-corrected chi connectivity index (χ0v) is 11.2. The maximum Gasteiger partial charge on any atom is 0.167 e. The summed E-state index contributed by atoms with van der Waals surface area (Å²) in [6.07, 6.45) is 0.0321. The van der Waals surface area contributed by atoms with Crippen molar-refractivity contribution in [1.29, 1.82) is 0 Å². The average molecular weight is 276 g/mol. The van der Waals surface area contributed by atoms with Gasteiger partial charge in [-0.1, -0.05) is 6.07 Å². The Morgan fingerprint density at radius 3 is 2.45 bits per heavy atom.